The number of nitrogens with one attached hydrogen (secondary N) is 1. The fourth-order valence-corrected chi connectivity index (χ4v) is 2.72. The lowest BCUT2D eigenvalue weighted by atomic mass is 10.00. The molecule has 1 aromatic carbocycles. The Balaban J connectivity index is 1.92. The second-order valence-electron chi connectivity index (χ2n) is 5.56. The van der Waals surface area contributed by atoms with Crippen LogP contribution < -0.4 is 5.32 Å². The van der Waals surface area contributed by atoms with Crippen molar-refractivity contribution in [1.29, 1.82) is 0 Å². The summed E-state index contributed by atoms with van der Waals surface area (Å²) in [4.78, 5) is 2.45. The zero-order chi connectivity index (χ0) is 14.2. The standard InChI is InChI=1S/C17H28N2O/c1-3-19(4-2)14-16-7-5-6-8-17(16)18-13-15-9-11-20-12-10-15/h5-8,15,18H,3-4,9-14H2,1-2H3. The number of benzene rings is 1. The summed E-state index contributed by atoms with van der Waals surface area (Å²) in [5.74, 6) is 0.755. The molecule has 0 saturated carbocycles. The maximum absolute atomic E-state index is 5.42. The number of para-hydroxylation sites is 1. The van der Waals surface area contributed by atoms with Gasteiger partial charge in [-0.1, -0.05) is 32.0 Å². The van der Waals surface area contributed by atoms with Gasteiger partial charge < -0.3 is 10.1 Å². The second-order valence-corrected chi connectivity index (χ2v) is 5.56. The van der Waals surface area contributed by atoms with Crippen molar-refractivity contribution in [2.45, 2.75) is 33.2 Å². The summed E-state index contributed by atoms with van der Waals surface area (Å²) < 4.78 is 5.42. The van der Waals surface area contributed by atoms with Gasteiger partial charge in [-0.2, -0.15) is 0 Å². The van der Waals surface area contributed by atoms with Gasteiger partial charge >= 0.3 is 0 Å². The number of ether oxygens (including phenoxy) is 1. The van der Waals surface area contributed by atoms with Crippen molar-refractivity contribution >= 4 is 5.69 Å². The molecular formula is C17H28N2O. The quantitative estimate of drug-likeness (QED) is 0.826. The van der Waals surface area contributed by atoms with E-state index in [2.05, 4.69) is 48.3 Å². The third kappa shape index (κ3) is 4.50. The van der Waals surface area contributed by atoms with Crippen LogP contribution in [0.2, 0.25) is 0 Å². The lowest BCUT2D eigenvalue weighted by molar-refractivity contribution is 0.0699. The van der Waals surface area contributed by atoms with Crippen LogP contribution in [0.3, 0.4) is 0 Å². The Kier molecular flexibility index (Phi) is 6.34. The molecule has 0 unspecified atom stereocenters. The molecule has 0 amide bonds. The van der Waals surface area contributed by atoms with Crippen LogP contribution in [0, 0.1) is 5.92 Å². The maximum atomic E-state index is 5.42. The van der Waals surface area contributed by atoms with E-state index >= 15 is 0 Å². The van der Waals surface area contributed by atoms with Gasteiger partial charge in [-0.05, 0) is 43.5 Å². The van der Waals surface area contributed by atoms with Crippen molar-refractivity contribution in [3.63, 3.8) is 0 Å². The fourth-order valence-electron chi connectivity index (χ4n) is 2.72. The average molecular weight is 276 g/mol. The summed E-state index contributed by atoms with van der Waals surface area (Å²) in [6, 6.07) is 8.71. The van der Waals surface area contributed by atoms with Crippen molar-refractivity contribution in [2.75, 3.05) is 38.2 Å². The van der Waals surface area contributed by atoms with E-state index in [4.69, 9.17) is 4.74 Å². The summed E-state index contributed by atoms with van der Waals surface area (Å²) >= 11 is 0. The third-order valence-corrected chi connectivity index (χ3v) is 4.23. The Hall–Kier alpha value is -1.06. The molecule has 0 aliphatic carbocycles. The average Bonchev–Trinajstić information content (AvgIpc) is 2.52. The van der Waals surface area contributed by atoms with Crippen molar-refractivity contribution < 1.29 is 4.74 Å². The first-order valence-corrected chi connectivity index (χ1v) is 7.95. The van der Waals surface area contributed by atoms with E-state index in [0.717, 1.165) is 45.3 Å². The Morgan fingerprint density at radius 1 is 1.15 bits per heavy atom. The Morgan fingerprint density at radius 2 is 1.85 bits per heavy atom. The predicted molar refractivity (Wildman–Crippen MR) is 85.1 cm³/mol. The molecule has 1 aliphatic heterocycles. The summed E-state index contributed by atoms with van der Waals surface area (Å²) in [7, 11) is 0. The first-order chi connectivity index (χ1) is 9.83. The van der Waals surface area contributed by atoms with Gasteiger partial charge in [0, 0.05) is 32.0 Å². The van der Waals surface area contributed by atoms with E-state index in [1.807, 2.05) is 0 Å². The topological polar surface area (TPSA) is 24.5 Å². The molecular weight excluding hydrogens is 248 g/mol. The molecule has 0 aromatic heterocycles. The minimum atomic E-state index is 0.755. The molecule has 1 fully saturated rings. The van der Waals surface area contributed by atoms with Crippen molar-refractivity contribution in [3.05, 3.63) is 29.8 Å². The summed E-state index contributed by atoms with van der Waals surface area (Å²) in [5, 5.41) is 3.65. The van der Waals surface area contributed by atoms with E-state index < -0.39 is 0 Å². The summed E-state index contributed by atoms with van der Waals surface area (Å²) in [6.45, 7) is 10.6. The molecule has 1 heterocycles. The first kappa shape index (κ1) is 15.3. The SMILES string of the molecule is CCN(CC)Cc1ccccc1NCC1CCOCC1. The Labute approximate surface area is 123 Å². The van der Waals surface area contributed by atoms with Crippen LogP contribution in [0.15, 0.2) is 24.3 Å². The minimum absolute atomic E-state index is 0.755. The van der Waals surface area contributed by atoms with Gasteiger partial charge in [0.2, 0.25) is 0 Å². The smallest absolute Gasteiger partial charge is 0.0469 e. The number of anilines is 1. The zero-order valence-electron chi connectivity index (χ0n) is 12.9. The van der Waals surface area contributed by atoms with Gasteiger partial charge in [0.05, 0.1) is 0 Å². The highest BCUT2D eigenvalue weighted by Crippen LogP contribution is 2.20. The molecule has 2 rings (SSSR count). The molecule has 0 spiro atoms. The van der Waals surface area contributed by atoms with E-state index in [9.17, 15) is 0 Å². The van der Waals surface area contributed by atoms with Crippen LogP contribution in [0.5, 0.6) is 0 Å². The molecule has 0 bridgehead atoms. The molecule has 1 N–H and O–H groups in total. The van der Waals surface area contributed by atoms with Crippen molar-refractivity contribution in [2.24, 2.45) is 5.92 Å². The molecule has 1 aromatic rings. The molecule has 0 radical (unpaired) electrons. The van der Waals surface area contributed by atoms with Crippen LogP contribution in [-0.4, -0.2) is 37.7 Å². The number of rotatable bonds is 7. The third-order valence-electron chi connectivity index (χ3n) is 4.23. The van der Waals surface area contributed by atoms with Gasteiger partial charge in [-0.25, -0.2) is 0 Å². The fraction of sp³-hybridized carbons (Fsp3) is 0.647. The first-order valence-electron chi connectivity index (χ1n) is 7.95. The van der Waals surface area contributed by atoms with E-state index in [0.29, 0.717) is 0 Å². The molecule has 0 atom stereocenters. The van der Waals surface area contributed by atoms with Crippen molar-refractivity contribution in [1.82, 2.24) is 4.90 Å². The Bertz CT molecular complexity index is 384. The van der Waals surface area contributed by atoms with Crippen LogP contribution in [0.1, 0.15) is 32.3 Å². The molecule has 3 heteroatoms. The highest BCUT2D eigenvalue weighted by molar-refractivity contribution is 5.51. The monoisotopic (exact) mass is 276 g/mol. The van der Waals surface area contributed by atoms with Gasteiger partial charge in [0.1, 0.15) is 0 Å². The summed E-state index contributed by atoms with van der Waals surface area (Å²) in [5.41, 5.74) is 2.70. The Morgan fingerprint density at radius 3 is 2.55 bits per heavy atom. The van der Waals surface area contributed by atoms with Crippen LogP contribution in [0.25, 0.3) is 0 Å². The van der Waals surface area contributed by atoms with Crippen molar-refractivity contribution in [3.8, 4) is 0 Å². The molecule has 1 aliphatic rings. The maximum Gasteiger partial charge on any atom is 0.0469 e. The van der Waals surface area contributed by atoms with E-state index in [1.165, 1.54) is 24.1 Å². The molecule has 1 saturated heterocycles. The van der Waals surface area contributed by atoms with Gasteiger partial charge in [0.25, 0.3) is 0 Å². The van der Waals surface area contributed by atoms with Gasteiger partial charge in [0.15, 0.2) is 0 Å². The normalized spacial score (nSPS) is 16.6. The lowest BCUT2D eigenvalue weighted by Gasteiger charge is -2.24. The molecule has 112 valence electrons. The van der Waals surface area contributed by atoms with Crippen LogP contribution in [0.4, 0.5) is 5.69 Å². The molecule has 3 nitrogen and oxygen atoms in total. The number of hydrogen-bond donors (Lipinski definition) is 1. The number of hydrogen-bond acceptors (Lipinski definition) is 3. The lowest BCUT2D eigenvalue weighted by Crippen LogP contribution is -2.25. The highest BCUT2D eigenvalue weighted by atomic mass is 16.5. The van der Waals surface area contributed by atoms with Gasteiger partial charge in [-0.15, -0.1) is 0 Å². The zero-order valence-corrected chi connectivity index (χ0v) is 12.9. The highest BCUT2D eigenvalue weighted by Gasteiger charge is 2.14. The van der Waals surface area contributed by atoms with Crippen LogP contribution >= 0.6 is 0 Å². The largest absolute Gasteiger partial charge is 0.385 e. The minimum Gasteiger partial charge on any atom is -0.385 e. The van der Waals surface area contributed by atoms with Gasteiger partial charge in [-0.3, -0.25) is 4.90 Å². The molecule has 20 heavy (non-hydrogen) atoms. The predicted octanol–water partition coefficient (Wildman–Crippen LogP) is 3.37. The van der Waals surface area contributed by atoms with Crippen LogP contribution in [-0.2, 0) is 11.3 Å². The number of nitrogens with zero attached hydrogens (tertiary/aromatic N) is 1. The van der Waals surface area contributed by atoms with E-state index in [-0.39, 0.29) is 0 Å². The van der Waals surface area contributed by atoms with E-state index in [1.54, 1.807) is 0 Å². The second kappa shape index (κ2) is 8.28. The summed E-state index contributed by atoms with van der Waals surface area (Å²) in [6.07, 6.45) is 2.37.